The third-order valence-electron chi connectivity index (χ3n) is 6.51. The van der Waals surface area contributed by atoms with Crippen molar-refractivity contribution < 1.29 is 5.11 Å². The quantitative estimate of drug-likeness (QED) is 0.561. The molecule has 1 saturated heterocycles. The molecule has 0 aliphatic carbocycles. The van der Waals surface area contributed by atoms with Crippen molar-refractivity contribution in [2.45, 2.75) is 71.0 Å². The van der Waals surface area contributed by atoms with E-state index in [9.17, 15) is 5.11 Å². The van der Waals surface area contributed by atoms with Gasteiger partial charge in [-0.25, -0.2) is 0 Å². The first-order valence-corrected chi connectivity index (χ1v) is 11.7. The van der Waals surface area contributed by atoms with E-state index < -0.39 is 0 Å². The summed E-state index contributed by atoms with van der Waals surface area (Å²) in [5.41, 5.74) is 4.49. The molecule has 3 heterocycles. The minimum atomic E-state index is 0.0638. The lowest BCUT2D eigenvalue weighted by Crippen LogP contribution is -2.62. The molecule has 0 atom stereocenters. The first-order valence-electron chi connectivity index (χ1n) is 11.7. The summed E-state index contributed by atoms with van der Waals surface area (Å²) in [5.74, 6) is 1.04. The Hall–Kier alpha value is -2.99. The molecule has 0 unspecified atom stereocenters. The summed E-state index contributed by atoms with van der Waals surface area (Å²) in [4.78, 5) is 6.59. The summed E-state index contributed by atoms with van der Waals surface area (Å²) < 4.78 is 0. The van der Waals surface area contributed by atoms with Crippen LogP contribution in [-0.2, 0) is 6.42 Å². The number of benzene rings is 1. The van der Waals surface area contributed by atoms with Crippen LogP contribution in [0.5, 0.6) is 5.75 Å². The van der Waals surface area contributed by atoms with Crippen molar-refractivity contribution in [1.82, 2.24) is 20.5 Å². The van der Waals surface area contributed by atoms with Gasteiger partial charge in [0.1, 0.15) is 5.75 Å². The van der Waals surface area contributed by atoms with Crippen LogP contribution in [-0.4, -0.2) is 44.5 Å². The number of pyridine rings is 1. The number of phenolic OH excluding ortho intramolecular Hbond substituents is 1. The first kappa shape index (κ1) is 23.2. The zero-order valence-electron chi connectivity index (χ0n) is 20.6. The van der Waals surface area contributed by atoms with Crippen molar-refractivity contribution in [3.05, 3.63) is 54.4 Å². The fourth-order valence-corrected chi connectivity index (χ4v) is 5.17. The standard InChI is InChI=1S/C27H35N5O/c1-7-20-14-19(12-13-28-20)18-8-9-22(24(33)15-18)23-10-11-25(30-29-23)32(6)21-16-26(2,3)31-27(4,5)17-21/h8-15,21,31,33H,7,16-17H2,1-6H3. The molecule has 2 N–H and O–H groups in total. The highest BCUT2D eigenvalue weighted by molar-refractivity contribution is 5.74. The number of aromatic hydroxyl groups is 1. The molecule has 4 rings (SSSR count). The van der Waals surface area contributed by atoms with E-state index >= 15 is 0 Å². The van der Waals surface area contributed by atoms with Crippen molar-refractivity contribution in [1.29, 1.82) is 0 Å². The van der Waals surface area contributed by atoms with Gasteiger partial charge in [-0.1, -0.05) is 13.0 Å². The average molecular weight is 446 g/mol. The van der Waals surface area contributed by atoms with E-state index in [1.165, 1.54) is 0 Å². The second kappa shape index (κ2) is 8.75. The van der Waals surface area contributed by atoms with Crippen LogP contribution in [0.3, 0.4) is 0 Å². The van der Waals surface area contributed by atoms with Crippen LogP contribution in [0.1, 0.15) is 53.2 Å². The van der Waals surface area contributed by atoms with Crippen LogP contribution in [0.25, 0.3) is 22.4 Å². The summed E-state index contributed by atoms with van der Waals surface area (Å²) >= 11 is 0. The number of phenols is 1. The number of hydrogen-bond donors (Lipinski definition) is 2. The molecular weight excluding hydrogens is 410 g/mol. The van der Waals surface area contributed by atoms with Gasteiger partial charge in [0.2, 0.25) is 0 Å². The SMILES string of the molecule is CCc1cc(-c2ccc(-c3ccc(N(C)C4CC(C)(C)NC(C)(C)C4)nn3)c(O)c2)ccn1. The second-order valence-corrected chi connectivity index (χ2v) is 10.5. The smallest absolute Gasteiger partial charge is 0.151 e. The van der Waals surface area contributed by atoms with Crippen LogP contribution in [0.2, 0.25) is 0 Å². The number of hydrogen-bond acceptors (Lipinski definition) is 6. The van der Waals surface area contributed by atoms with Crippen molar-refractivity contribution in [2.75, 3.05) is 11.9 Å². The fourth-order valence-electron chi connectivity index (χ4n) is 5.17. The molecule has 174 valence electrons. The summed E-state index contributed by atoms with van der Waals surface area (Å²) in [5, 5.41) is 23.4. The number of aryl methyl sites for hydroxylation is 1. The topological polar surface area (TPSA) is 74.2 Å². The molecule has 33 heavy (non-hydrogen) atoms. The van der Waals surface area contributed by atoms with Crippen LogP contribution in [0, 0.1) is 0 Å². The van der Waals surface area contributed by atoms with Gasteiger partial charge in [-0.2, -0.15) is 0 Å². The predicted octanol–water partition coefficient (Wildman–Crippen LogP) is 5.22. The van der Waals surface area contributed by atoms with Gasteiger partial charge in [-0.05, 0) is 94.5 Å². The molecule has 0 spiro atoms. The Balaban J connectivity index is 1.54. The molecule has 1 aliphatic rings. The maximum atomic E-state index is 10.7. The molecule has 0 radical (unpaired) electrons. The molecule has 2 aromatic heterocycles. The van der Waals surface area contributed by atoms with Crippen molar-refractivity contribution in [3.8, 4) is 28.1 Å². The van der Waals surface area contributed by atoms with Crippen molar-refractivity contribution in [3.63, 3.8) is 0 Å². The molecule has 6 heteroatoms. The van der Waals surface area contributed by atoms with E-state index in [0.29, 0.717) is 17.3 Å². The number of nitrogens with zero attached hydrogens (tertiary/aromatic N) is 4. The van der Waals surface area contributed by atoms with E-state index in [4.69, 9.17) is 0 Å². The first-order chi connectivity index (χ1) is 15.6. The molecule has 1 aliphatic heterocycles. The molecule has 0 saturated carbocycles. The van der Waals surface area contributed by atoms with E-state index in [1.54, 1.807) is 6.07 Å². The van der Waals surface area contributed by atoms with Gasteiger partial charge >= 0.3 is 0 Å². The Morgan fingerprint density at radius 2 is 1.67 bits per heavy atom. The highest BCUT2D eigenvalue weighted by atomic mass is 16.3. The monoisotopic (exact) mass is 445 g/mol. The largest absolute Gasteiger partial charge is 0.507 e. The highest BCUT2D eigenvalue weighted by Crippen LogP contribution is 2.35. The number of nitrogens with one attached hydrogen (secondary N) is 1. The van der Waals surface area contributed by atoms with Crippen molar-refractivity contribution in [2.24, 2.45) is 0 Å². The Bertz CT molecular complexity index is 1110. The highest BCUT2D eigenvalue weighted by Gasteiger charge is 2.39. The Morgan fingerprint density at radius 1 is 0.970 bits per heavy atom. The van der Waals surface area contributed by atoms with Crippen molar-refractivity contribution >= 4 is 5.82 Å². The number of aromatic nitrogens is 3. The summed E-state index contributed by atoms with van der Waals surface area (Å²) in [6.07, 6.45) is 4.76. The minimum Gasteiger partial charge on any atom is -0.507 e. The predicted molar refractivity (Wildman–Crippen MR) is 134 cm³/mol. The van der Waals surface area contributed by atoms with Crippen LogP contribution >= 0.6 is 0 Å². The Morgan fingerprint density at radius 3 is 2.27 bits per heavy atom. The summed E-state index contributed by atoms with van der Waals surface area (Å²) in [7, 11) is 2.09. The van der Waals surface area contributed by atoms with E-state index in [2.05, 4.69) is 73.1 Å². The molecule has 3 aromatic rings. The molecule has 0 bridgehead atoms. The van der Waals surface area contributed by atoms with Crippen LogP contribution < -0.4 is 10.2 Å². The third kappa shape index (κ3) is 5.17. The average Bonchev–Trinajstić information content (AvgIpc) is 2.76. The van der Waals surface area contributed by atoms with Crippen LogP contribution in [0.15, 0.2) is 48.7 Å². The van der Waals surface area contributed by atoms with E-state index in [1.807, 2.05) is 36.5 Å². The third-order valence-corrected chi connectivity index (χ3v) is 6.51. The number of piperidine rings is 1. The lowest BCUT2D eigenvalue weighted by atomic mass is 9.79. The van der Waals surface area contributed by atoms with Gasteiger partial charge in [0, 0.05) is 41.6 Å². The Kier molecular flexibility index (Phi) is 6.14. The van der Waals surface area contributed by atoms with Gasteiger partial charge in [0.15, 0.2) is 5.82 Å². The van der Waals surface area contributed by atoms with Gasteiger partial charge in [-0.15, -0.1) is 10.2 Å². The number of anilines is 1. The van der Waals surface area contributed by atoms with Gasteiger partial charge in [0.05, 0.1) is 5.69 Å². The minimum absolute atomic E-state index is 0.0638. The number of rotatable bonds is 5. The summed E-state index contributed by atoms with van der Waals surface area (Å²) in [6.45, 7) is 11.1. The van der Waals surface area contributed by atoms with E-state index in [0.717, 1.165) is 41.9 Å². The van der Waals surface area contributed by atoms with Gasteiger partial charge < -0.3 is 15.3 Å². The second-order valence-electron chi connectivity index (χ2n) is 10.5. The fraction of sp³-hybridized carbons (Fsp3) is 0.444. The lowest BCUT2D eigenvalue weighted by Gasteiger charge is -2.49. The molecular formula is C27H35N5O. The zero-order chi connectivity index (χ0) is 23.8. The maximum absolute atomic E-state index is 10.7. The van der Waals surface area contributed by atoms with Crippen LogP contribution in [0.4, 0.5) is 5.82 Å². The zero-order valence-corrected chi connectivity index (χ0v) is 20.6. The molecule has 0 amide bonds. The molecule has 1 aromatic carbocycles. The summed E-state index contributed by atoms with van der Waals surface area (Å²) in [6, 6.07) is 14.0. The molecule has 1 fully saturated rings. The van der Waals surface area contributed by atoms with Gasteiger partial charge in [-0.3, -0.25) is 4.98 Å². The van der Waals surface area contributed by atoms with Gasteiger partial charge in [0.25, 0.3) is 0 Å². The normalized spacial score (nSPS) is 17.6. The lowest BCUT2D eigenvalue weighted by molar-refractivity contribution is 0.160. The maximum Gasteiger partial charge on any atom is 0.151 e. The molecule has 6 nitrogen and oxygen atoms in total. The van der Waals surface area contributed by atoms with E-state index in [-0.39, 0.29) is 16.8 Å². The Labute approximate surface area is 197 Å².